The Kier molecular flexibility index (Phi) is 8.88. The number of ether oxygens (including phenoxy) is 2. The van der Waals surface area contributed by atoms with Crippen LogP contribution in [0, 0.1) is 0 Å². The molecule has 0 unspecified atom stereocenters. The highest BCUT2D eigenvalue weighted by atomic mass is 16.6. The second kappa shape index (κ2) is 12.3. The van der Waals surface area contributed by atoms with E-state index in [-0.39, 0.29) is 11.9 Å². The third-order valence-electron chi connectivity index (χ3n) is 5.10. The van der Waals surface area contributed by atoms with Crippen molar-refractivity contribution >= 4 is 5.97 Å². The van der Waals surface area contributed by atoms with E-state index in [1.165, 1.54) is 12.5 Å². The van der Waals surface area contributed by atoms with Crippen LogP contribution in [-0.2, 0) is 14.3 Å². The van der Waals surface area contributed by atoms with Crippen molar-refractivity contribution < 1.29 is 14.3 Å². The molecule has 0 aliphatic heterocycles. The molecule has 0 fully saturated rings. The number of esters is 1. The third kappa shape index (κ3) is 6.71. The number of hydrogen-bond acceptors (Lipinski definition) is 3. The molecule has 0 heterocycles. The highest BCUT2D eigenvalue weighted by Crippen LogP contribution is 2.36. The number of carbonyl (C=O) groups excluding carboxylic acids is 1. The maximum atomic E-state index is 11.9. The average Bonchev–Trinajstić information content (AvgIpc) is 2.84. The number of rotatable bonds is 10. The molecule has 3 atom stereocenters. The smallest absolute Gasteiger partial charge is 0.303 e. The summed E-state index contributed by atoms with van der Waals surface area (Å²) in [7, 11) is 0. The molecule has 0 aromatic heterocycles. The molecule has 3 heteroatoms. The van der Waals surface area contributed by atoms with Gasteiger partial charge in [-0.25, -0.2) is 0 Å². The van der Waals surface area contributed by atoms with E-state index in [1.54, 1.807) is 6.26 Å². The fraction of sp³-hybridized carbons (Fsp3) is 0.207. The Balaban J connectivity index is 1.91. The Morgan fingerprint density at radius 1 is 0.750 bits per heavy atom. The van der Waals surface area contributed by atoms with Gasteiger partial charge in [0.25, 0.3) is 0 Å². The summed E-state index contributed by atoms with van der Waals surface area (Å²) in [5.41, 5.74) is 3.01. The molecule has 0 aliphatic rings. The van der Waals surface area contributed by atoms with E-state index < -0.39 is 12.2 Å². The highest BCUT2D eigenvalue weighted by Gasteiger charge is 2.28. The van der Waals surface area contributed by atoms with Gasteiger partial charge in [0, 0.05) is 12.8 Å². The Morgan fingerprint density at radius 2 is 1.25 bits per heavy atom. The van der Waals surface area contributed by atoms with E-state index in [4.69, 9.17) is 9.47 Å². The number of hydrogen-bond donors (Lipinski definition) is 0. The van der Waals surface area contributed by atoms with Crippen molar-refractivity contribution in [3.8, 4) is 0 Å². The first kappa shape index (κ1) is 23.1. The molecular formula is C29H30O3. The molecule has 32 heavy (non-hydrogen) atoms. The summed E-state index contributed by atoms with van der Waals surface area (Å²) in [4.78, 5) is 11.9. The van der Waals surface area contributed by atoms with Crippen LogP contribution in [0.5, 0.6) is 0 Å². The van der Waals surface area contributed by atoms with Gasteiger partial charge < -0.3 is 9.47 Å². The van der Waals surface area contributed by atoms with Gasteiger partial charge in [-0.15, -0.1) is 0 Å². The molecule has 0 amide bonds. The molecule has 0 N–H and O–H groups in total. The summed E-state index contributed by atoms with van der Waals surface area (Å²) in [6.45, 7) is 3.54. The van der Waals surface area contributed by atoms with E-state index in [0.29, 0.717) is 0 Å². The number of allylic oxidation sites excluding steroid dienone is 3. The molecule has 0 saturated carbocycles. The van der Waals surface area contributed by atoms with Crippen molar-refractivity contribution in [2.45, 2.75) is 38.4 Å². The van der Waals surface area contributed by atoms with E-state index in [9.17, 15) is 4.79 Å². The largest absolute Gasteiger partial charge is 0.489 e. The highest BCUT2D eigenvalue weighted by molar-refractivity contribution is 5.66. The molecule has 0 spiro atoms. The number of benzene rings is 3. The van der Waals surface area contributed by atoms with Crippen molar-refractivity contribution in [1.29, 1.82) is 0 Å². The second-order valence-electron chi connectivity index (χ2n) is 7.51. The molecule has 0 saturated heterocycles. The van der Waals surface area contributed by atoms with E-state index >= 15 is 0 Å². The SMILES string of the molecule is CC/C=C/[C@@H](/C=C/O[C@H](c1ccccc1)[C@H](OC(C)=O)c1ccccc1)c1ccccc1. The Bertz CT molecular complexity index is 994. The van der Waals surface area contributed by atoms with Crippen LogP contribution in [0.2, 0.25) is 0 Å². The predicted molar refractivity (Wildman–Crippen MR) is 129 cm³/mol. The summed E-state index contributed by atoms with van der Waals surface area (Å²) < 4.78 is 12.0. The summed E-state index contributed by atoms with van der Waals surface area (Å²) >= 11 is 0. The first-order chi connectivity index (χ1) is 15.7. The van der Waals surface area contributed by atoms with Crippen LogP contribution in [-0.4, -0.2) is 5.97 Å². The van der Waals surface area contributed by atoms with Gasteiger partial charge in [0.2, 0.25) is 0 Å². The molecule has 0 bridgehead atoms. The van der Waals surface area contributed by atoms with Gasteiger partial charge in [-0.2, -0.15) is 0 Å². The zero-order chi connectivity index (χ0) is 22.6. The molecular weight excluding hydrogens is 396 g/mol. The van der Waals surface area contributed by atoms with Crippen LogP contribution < -0.4 is 0 Å². The maximum absolute atomic E-state index is 11.9. The van der Waals surface area contributed by atoms with Crippen LogP contribution in [0.15, 0.2) is 115 Å². The molecule has 3 rings (SSSR count). The molecule has 164 valence electrons. The summed E-state index contributed by atoms with van der Waals surface area (Å²) in [5.74, 6) is -0.253. The lowest BCUT2D eigenvalue weighted by atomic mass is 9.97. The predicted octanol–water partition coefficient (Wildman–Crippen LogP) is 7.31. The Morgan fingerprint density at radius 3 is 1.75 bits per heavy atom. The molecule has 0 aliphatic carbocycles. The normalized spacial score (nSPS) is 14.2. The van der Waals surface area contributed by atoms with Crippen LogP contribution in [0.1, 0.15) is 55.1 Å². The van der Waals surface area contributed by atoms with Gasteiger partial charge in [-0.05, 0) is 29.2 Å². The summed E-state index contributed by atoms with van der Waals surface area (Å²) in [6, 6.07) is 29.9. The zero-order valence-electron chi connectivity index (χ0n) is 18.6. The molecule has 3 aromatic carbocycles. The van der Waals surface area contributed by atoms with Crippen molar-refractivity contribution in [3.63, 3.8) is 0 Å². The van der Waals surface area contributed by atoms with E-state index in [0.717, 1.165) is 17.5 Å². The Labute approximate surface area is 191 Å². The summed E-state index contributed by atoms with van der Waals surface area (Å²) in [5, 5.41) is 0. The molecule has 3 aromatic rings. The Hall–Kier alpha value is -3.59. The van der Waals surface area contributed by atoms with Gasteiger partial charge in [0.15, 0.2) is 12.2 Å². The minimum atomic E-state index is -0.567. The van der Waals surface area contributed by atoms with Crippen molar-refractivity contribution in [2.24, 2.45) is 0 Å². The van der Waals surface area contributed by atoms with Gasteiger partial charge in [0.05, 0.1) is 6.26 Å². The van der Waals surface area contributed by atoms with Gasteiger partial charge in [-0.3, -0.25) is 4.79 Å². The standard InChI is InChI=1S/C29H30O3/c1-3-4-14-25(24-15-8-5-9-16-24)21-22-31-28(26-17-10-6-11-18-26)29(32-23(2)30)27-19-12-7-13-20-27/h4-22,25,28-29H,3H2,1-2H3/b14-4+,22-21+/t25-,28+,29+/m0/s1. The molecule has 3 nitrogen and oxygen atoms in total. The first-order valence-corrected chi connectivity index (χ1v) is 11.0. The van der Waals surface area contributed by atoms with Gasteiger partial charge in [0.1, 0.15) is 0 Å². The zero-order valence-corrected chi connectivity index (χ0v) is 18.6. The second-order valence-corrected chi connectivity index (χ2v) is 7.51. The first-order valence-electron chi connectivity index (χ1n) is 11.0. The van der Waals surface area contributed by atoms with E-state index in [2.05, 4.69) is 31.2 Å². The van der Waals surface area contributed by atoms with Crippen molar-refractivity contribution in [1.82, 2.24) is 0 Å². The lowest BCUT2D eigenvalue weighted by Crippen LogP contribution is -2.18. The quantitative estimate of drug-likeness (QED) is 0.194. The molecule has 0 radical (unpaired) electrons. The fourth-order valence-electron chi connectivity index (χ4n) is 3.55. The third-order valence-corrected chi connectivity index (χ3v) is 5.10. The minimum Gasteiger partial charge on any atom is -0.489 e. The van der Waals surface area contributed by atoms with Crippen LogP contribution in [0.4, 0.5) is 0 Å². The van der Waals surface area contributed by atoms with Crippen LogP contribution in [0.3, 0.4) is 0 Å². The lowest BCUT2D eigenvalue weighted by molar-refractivity contribution is -0.153. The van der Waals surface area contributed by atoms with E-state index in [1.807, 2.05) is 84.9 Å². The maximum Gasteiger partial charge on any atom is 0.303 e. The van der Waals surface area contributed by atoms with Gasteiger partial charge >= 0.3 is 5.97 Å². The average molecular weight is 427 g/mol. The minimum absolute atomic E-state index is 0.0940. The van der Waals surface area contributed by atoms with Gasteiger partial charge in [-0.1, -0.05) is 110 Å². The van der Waals surface area contributed by atoms with Crippen LogP contribution in [0.25, 0.3) is 0 Å². The number of carbonyl (C=O) groups is 1. The lowest BCUT2D eigenvalue weighted by Gasteiger charge is -2.27. The topological polar surface area (TPSA) is 35.5 Å². The fourth-order valence-corrected chi connectivity index (χ4v) is 3.55. The van der Waals surface area contributed by atoms with Crippen LogP contribution >= 0.6 is 0 Å². The monoisotopic (exact) mass is 426 g/mol. The van der Waals surface area contributed by atoms with Crippen molar-refractivity contribution in [2.75, 3.05) is 0 Å². The summed E-state index contributed by atoms with van der Waals surface area (Å²) in [6.07, 6.45) is 8.01. The van der Waals surface area contributed by atoms with Crippen molar-refractivity contribution in [3.05, 3.63) is 132 Å².